The van der Waals surface area contributed by atoms with E-state index in [-0.39, 0.29) is 48.2 Å². The summed E-state index contributed by atoms with van der Waals surface area (Å²) in [5, 5.41) is 9.01. The van der Waals surface area contributed by atoms with E-state index in [9.17, 15) is 18.4 Å². The number of nitrogens with zero attached hydrogens (tertiary/aromatic N) is 3. The maximum atomic E-state index is 14.4. The van der Waals surface area contributed by atoms with Crippen LogP contribution in [0.15, 0.2) is 42.5 Å². The summed E-state index contributed by atoms with van der Waals surface area (Å²) in [7, 11) is 0. The van der Waals surface area contributed by atoms with E-state index in [0.29, 0.717) is 25.7 Å². The van der Waals surface area contributed by atoms with Gasteiger partial charge in [0.05, 0.1) is 17.2 Å². The maximum Gasteiger partial charge on any atom is 0.257 e. The van der Waals surface area contributed by atoms with Gasteiger partial charge in [-0.1, -0.05) is 18.2 Å². The first-order chi connectivity index (χ1) is 15.4. The molecule has 3 fully saturated rings. The summed E-state index contributed by atoms with van der Waals surface area (Å²) in [4.78, 5) is 29.5. The molecular weight excluding hydrogens is 416 g/mol. The van der Waals surface area contributed by atoms with Crippen LogP contribution in [0.5, 0.6) is 0 Å². The van der Waals surface area contributed by atoms with Crippen molar-refractivity contribution in [2.24, 2.45) is 0 Å². The molecule has 2 amide bonds. The predicted molar refractivity (Wildman–Crippen MR) is 109 cm³/mol. The number of amides is 2. The Bertz CT molecular complexity index is 1140. The second-order valence-corrected chi connectivity index (χ2v) is 8.50. The number of halogens is 2. The van der Waals surface area contributed by atoms with E-state index in [1.54, 1.807) is 17.0 Å². The third-order valence-corrected chi connectivity index (χ3v) is 6.76. The minimum atomic E-state index is -1.01. The number of nitriles is 1. The zero-order valence-electron chi connectivity index (χ0n) is 17.3. The molecule has 2 aromatic rings. The zero-order chi connectivity index (χ0) is 22.5. The minimum Gasteiger partial charge on any atom is -0.342 e. The first-order valence-electron chi connectivity index (χ1n) is 10.7. The molecule has 1 spiro atoms. The van der Waals surface area contributed by atoms with Crippen molar-refractivity contribution in [3.8, 4) is 6.07 Å². The fourth-order valence-corrected chi connectivity index (χ4v) is 5.11. The minimum absolute atomic E-state index is 0.126. The quantitative estimate of drug-likeness (QED) is 0.721. The molecule has 2 aromatic carbocycles. The van der Waals surface area contributed by atoms with Crippen LogP contribution in [0.25, 0.3) is 0 Å². The van der Waals surface area contributed by atoms with Gasteiger partial charge in [0.25, 0.3) is 11.8 Å². The van der Waals surface area contributed by atoms with Gasteiger partial charge in [0.2, 0.25) is 0 Å². The average Bonchev–Trinajstić information content (AvgIpc) is 3.32. The molecule has 0 saturated carbocycles. The van der Waals surface area contributed by atoms with E-state index >= 15 is 0 Å². The lowest BCUT2D eigenvalue weighted by atomic mass is 9.89. The van der Waals surface area contributed by atoms with Gasteiger partial charge in [-0.2, -0.15) is 5.26 Å². The lowest BCUT2D eigenvalue weighted by Crippen LogP contribution is -2.51. The highest BCUT2D eigenvalue weighted by Gasteiger charge is 2.58. The SMILES string of the molecule is N#Cc1cccc(C(=O)N2CCC3(CC2)O[C@@H]2CC[C@@H](c4cccc(F)c4)N2C3=O)c1F. The standard InChI is InChI=1S/C24H21F2N3O3/c25-17-5-1-3-15(13-17)19-7-8-20-29(19)23(31)24(32-20)9-11-28(12-10-24)22(30)18-6-2-4-16(14-27)21(18)26/h1-6,13,19-20H,7-12H2/t19-,20+/m0/s1. The van der Waals surface area contributed by atoms with Crippen LogP contribution in [0.2, 0.25) is 0 Å². The summed E-state index contributed by atoms with van der Waals surface area (Å²) in [6, 6.07) is 12.0. The predicted octanol–water partition coefficient (Wildman–Crippen LogP) is 3.53. The molecule has 3 heterocycles. The van der Waals surface area contributed by atoms with Gasteiger partial charge in [-0.05, 0) is 42.7 Å². The van der Waals surface area contributed by atoms with E-state index in [1.165, 1.54) is 35.2 Å². The maximum absolute atomic E-state index is 14.4. The summed E-state index contributed by atoms with van der Waals surface area (Å²) in [6.45, 7) is 0.484. The van der Waals surface area contributed by atoms with Gasteiger partial charge in [0.15, 0.2) is 11.4 Å². The summed E-state index contributed by atoms with van der Waals surface area (Å²) in [6.07, 6.45) is 1.63. The Morgan fingerprint density at radius 1 is 1.12 bits per heavy atom. The van der Waals surface area contributed by atoms with Gasteiger partial charge in [-0.15, -0.1) is 0 Å². The number of hydrogen-bond donors (Lipinski definition) is 0. The van der Waals surface area contributed by atoms with Crippen LogP contribution in [-0.4, -0.2) is 46.5 Å². The van der Waals surface area contributed by atoms with E-state index in [4.69, 9.17) is 10.00 Å². The molecular formula is C24H21F2N3O3. The zero-order valence-corrected chi connectivity index (χ0v) is 17.3. The molecule has 5 rings (SSSR count). The largest absolute Gasteiger partial charge is 0.342 e. The highest BCUT2D eigenvalue weighted by molar-refractivity contribution is 5.95. The Morgan fingerprint density at radius 2 is 1.88 bits per heavy atom. The molecule has 3 aliphatic heterocycles. The molecule has 0 N–H and O–H groups in total. The lowest BCUT2D eigenvalue weighted by Gasteiger charge is -2.37. The molecule has 0 bridgehead atoms. The number of ether oxygens (including phenoxy) is 1. The van der Waals surface area contributed by atoms with Gasteiger partial charge in [0, 0.05) is 25.9 Å². The van der Waals surface area contributed by atoms with E-state index in [2.05, 4.69) is 0 Å². The van der Waals surface area contributed by atoms with Crippen molar-refractivity contribution < 1.29 is 23.1 Å². The molecule has 8 heteroatoms. The Kier molecular flexibility index (Phi) is 4.94. The molecule has 0 aliphatic carbocycles. The van der Waals surface area contributed by atoms with Crippen molar-refractivity contribution >= 4 is 11.8 Å². The average molecular weight is 437 g/mol. The highest BCUT2D eigenvalue weighted by atomic mass is 19.1. The molecule has 0 unspecified atom stereocenters. The lowest BCUT2D eigenvalue weighted by molar-refractivity contribution is -0.142. The van der Waals surface area contributed by atoms with E-state index < -0.39 is 17.3 Å². The molecule has 3 aliphatic rings. The Hall–Kier alpha value is -3.31. The molecule has 2 atom stereocenters. The van der Waals surface area contributed by atoms with Gasteiger partial charge >= 0.3 is 0 Å². The number of likely N-dealkylation sites (tertiary alicyclic amines) is 1. The van der Waals surface area contributed by atoms with E-state index in [0.717, 1.165) is 5.56 Å². The topological polar surface area (TPSA) is 73.6 Å². The fourth-order valence-electron chi connectivity index (χ4n) is 5.11. The molecule has 32 heavy (non-hydrogen) atoms. The van der Waals surface area contributed by atoms with Crippen LogP contribution >= 0.6 is 0 Å². The molecule has 164 valence electrons. The number of carbonyl (C=O) groups is 2. The van der Waals surface area contributed by atoms with Crippen molar-refractivity contribution in [2.45, 2.75) is 43.6 Å². The van der Waals surface area contributed by atoms with Gasteiger partial charge in [-0.3, -0.25) is 9.59 Å². The summed E-state index contributed by atoms with van der Waals surface area (Å²) < 4.78 is 34.4. The summed E-state index contributed by atoms with van der Waals surface area (Å²) in [5.74, 6) is -1.79. The van der Waals surface area contributed by atoms with Gasteiger partial charge in [0.1, 0.15) is 18.1 Å². The van der Waals surface area contributed by atoms with Crippen molar-refractivity contribution in [2.75, 3.05) is 13.1 Å². The molecule has 0 aromatic heterocycles. The smallest absolute Gasteiger partial charge is 0.257 e. The van der Waals surface area contributed by atoms with Crippen LogP contribution in [0, 0.1) is 23.0 Å². The first-order valence-corrected chi connectivity index (χ1v) is 10.7. The fraction of sp³-hybridized carbons (Fsp3) is 0.375. The van der Waals surface area contributed by atoms with Crippen LogP contribution in [0.3, 0.4) is 0 Å². The monoisotopic (exact) mass is 437 g/mol. The third kappa shape index (κ3) is 3.16. The normalized spacial score (nSPS) is 24.0. The Morgan fingerprint density at radius 3 is 2.59 bits per heavy atom. The number of fused-ring (bicyclic) bond motifs is 1. The molecule has 6 nitrogen and oxygen atoms in total. The molecule has 0 radical (unpaired) electrons. The number of rotatable bonds is 2. The highest BCUT2D eigenvalue weighted by Crippen LogP contribution is 2.47. The first kappa shape index (κ1) is 20.6. The summed E-state index contributed by atoms with van der Waals surface area (Å²) >= 11 is 0. The van der Waals surface area contributed by atoms with E-state index in [1.807, 2.05) is 6.07 Å². The third-order valence-electron chi connectivity index (χ3n) is 6.76. The van der Waals surface area contributed by atoms with Crippen LogP contribution in [-0.2, 0) is 9.53 Å². The van der Waals surface area contributed by atoms with Gasteiger partial charge in [-0.25, -0.2) is 8.78 Å². The van der Waals surface area contributed by atoms with Crippen molar-refractivity contribution in [1.29, 1.82) is 5.26 Å². The van der Waals surface area contributed by atoms with Crippen LogP contribution in [0.4, 0.5) is 8.78 Å². The molecule has 3 saturated heterocycles. The number of carbonyl (C=O) groups excluding carboxylic acids is 2. The second kappa shape index (κ2) is 7.68. The Balaban J connectivity index is 1.32. The van der Waals surface area contributed by atoms with Crippen molar-refractivity contribution in [1.82, 2.24) is 9.80 Å². The van der Waals surface area contributed by atoms with Gasteiger partial charge < -0.3 is 14.5 Å². The van der Waals surface area contributed by atoms with Crippen molar-refractivity contribution in [3.63, 3.8) is 0 Å². The number of benzene rings is 2. The Labute approximate surface area is 184 Å². The van der Waals surface area contributed by atoms with Crippen molar-refractivity contribution in [3.05, 3.63) is 70.8 Å². The van der Waals surface area contributed by atoms with Crippen LogP contribution in [0.1, 0.15) is 53.2 Å². The second-order valence-electron chi connectivity index (χ2n) is 8.50. The van der Waals surface area contributed by atoms with Crippen LogP contribution < -0.4 is 0 Å². The number of piperidine rings is 1. The number of hydrogen-bond acceptors (Lipinski definition) is 4. The summed E-state index contributed by atoms with van der Waals surface area (Å²) in [5.41, 5.74) is -0.587.